The molecule has 2 aromatic heterocycles. The summed E-state index contributed by atoms with van der Waals surface area (Å²) in [6, 6.07) is 6.50. The predicted octanol–water partition coefficient (Wildman–Crippen LogP) is 1.77. The van der Waals surface area contributed by atoms with Gasteiger partial charge in [-0.1, -0.05) is 0 Å². The number of anilines is 1. The number of carbonyl (C=O) groups excluding carboxylic acids is 1. The van der Waals surface area contributed by atoms with Crippen LogP contribution in [0.4, 0.5) is 10.1 Å². The first-order chi connectivity index (χ1) is 14.5. The number of benzene rings is 1. The van der Waals surface area contributed by atoms with Gasteiger partial charge in [0.1, 0.15) is 5.82 Å². The number of aromatic nitrogens is 2. The third-order valence-corrected chi connectivity index (χ3v) is 7.00. The Morgan fingerprint density at radius 3 is 2.40 bits per heavy atom. The highest BCUT2D eigenvalue weighted by atomic mass is 32.1. The van der Waals surface area contributed by atoms with Gasteiger partial charge in [0.2, 0.25) is 0 Å². The maximum atomic E-state index is 13.1. The molecule has 30 heavy (non-hydrogen) atoms. The van der Waals surface area contributed by atoms with Crippen LogP contribution in [0.3, 0.4) is 0 Å². The van der Waals surface area contributed by atoms with Crippen molar-refractivity contribution in [1.82, 2.24) is 14.0 Å². The fraction of sp³-hybridized carbons (Fsp3) is 0.381. The van der Waals surface area contributed by atoms with Gasteiger partial charge in [-0.2, -0.15) is 0 Å². The number of nitrogens with zero attached hydrogens (tertiary/aromatic N) is 4. The van der Waals surface area contributed by atoms with Gasteiger partial charge in [-0.3, -0.25) is 23.6 Å². The monoisotopic (exact) mass is 428 g/mol. The highest BCUT2D eigenvalue weighted by Crippen LogP contribution is 2.27. The second kappa shape index (κ2) is 7.48. The number of halogens is 1. The van der Waals surface area contributed by atoms with Crippen molar-refractivity contribution in [2.45, 2.75) is 19.5 Å². The standard InChI is InChI=1S/C21H21FN4O3S/c22-14-1-3-15(4-2-14)24-10-7-23(8-11-24)9-12-26-20(28)16-13-30-19-17(27)5-6-25(18(16)19)21(26)29/h1-4,13H,5-12H2. The Morgan fingerprint density at radius 1 is 0.933 bits per heavy atom. The molecule has 0 unspecified atom stereocenters. The van der Waals surface area contributed by atoms with Gasteiger partial charge in [0, 0.05) is 63.3 Å². The summed E-state index contributed by atoms with van der Waals surface area (Å²) in [7, 11) is 0. The molecule has 0 aliphatic carbocycles. The molecule has 1 aromatic carbocycles. The van der Waals surface area contributed by atoms with Crippen LogP contribution in [-0.4, -0.2) is 52.5 Å². The van der Waals surface area contributed by atoms with Gasteiger partial charge in [-0.15, -0.1) is 11.3 Å². The maximum absolute atomic E-state index is 13.1. The molecule has 0 N–H and O–H groups in total. The van der Waals surface area contributed by atoms with E-state index < -0.39 is 0 Å². The van der Waals surface area contributed by atoms with Crippen LogP contribution in [0.25, 0.3) is 10.9 Å². The number of hydrogen-bond donors (Lipinski definition) is 0. The highest BCUT2D eigenvalue weighted by Gasteiger charge is 2.26. The van der Waals surface area contributed by atoms with E-state index in [-0.39, 0.29) is 22.8 Å². The third kappa shape index (κ3) is 3.18. The molecular formula is C21H21FN4O3S. The zero-order valence-corrected chi connectivity index (χ0v) is 17.2. The van der Waals surface area contributed by atoms with E-state index in [1.807, 2.05) is 0 Å². The smallest absolute Gasteiger partial charge is 0.331 e. The van der Waals surface area contributed by atoms with Crippen LogP contribution in [-0.2, 0) is 13.1 Å². The molecule has 0 bridgehead atoms. The van der Waals surface area contributed by atoms with Crippen LogP contribution < -0.4 is 16.1 Å². The van der Waals surface area contributed by atoms with Crippen LogP contribution in [0, 0.1) is 5.82 Å². The molecule has 7 nitrogen and oxygen atoms in total. The van der Waals surface area contributed by atoms with Crippen molar-refractivity contribution in [2.24, 2.45) is 0 Å². The van der Waals surface area contributed by atoms with Gasteiger partial charge >= 0.3 is 5.69 Å². The number of rotatable bonds is 4. The van der Waals surface area contributed by atoms with Crippen molar-refractivity contribution in [2.75, 3.05) is 37.6 Å². The van der Waals surface area contributed by atoms with Gasteiger partial charge in [-0.05, 0) is 24.3 Å². The molecule has 9 heteroatoms. The normalized spacial score (nSPS) is 17.1. The van der Waals surface area contributed by atoms with E-state index in [1.54, 1.807) is 22.1 Å². The minimum Gasteiger partial charge on any atom is -0.369 e. The summed E-state index contributed by atoms with van der Waals surface area (Å²) in [5, 5.41) is 2.16. The van der Waals surface area contributed by atoms with Crippen molar-refractivity contribution < 1.29 is 9.18 Å². The molecule has 1 fully saturated rings. The van der Waals surface area contributed by atoms with Crippen LogP contribution in [0.15, 0.2) is 39.2 Å². The van der Waals surface area contributed by atoms with E-state index in [1.165, 1.54) is 28.0 Å². The number of aryl methyl sites for hydroxylation is 1. The van der Waals surface area contributed by atoms with Crippen LogP contribution in [0.1, 0.15) is 16.1 Å². The van der Waals surface area contributed by atoms with Crippen LogP contribution >= 0.6 is 11.3 Å². The largest absolute Gasteiger partial charge is 0.369 e. The molecule has 0 radical (unpaired) electrons. The molecule has 2 aliphatic heterocycles. The topological polar surface area (TPSA) is 67.6 Å². The van der Waals surface area contributed by atoms with Crippen molar-refractivity contribution in [3.63, 3.8) is 0 Å². The van der Waals surface area contributed by atoms with Crippen molar-refractivity contribution >= 4 is 33.7 Å². The SMILES string of the molecule is O=C1CCn2c(=O)n(CCN3CCN(c4ccc(F)cc4)CC3)c(=O)c3csc1c32. The summed E-state index contributed by atoms with van der Waals surface area (Å²) >= 11 is 1.25. The van der Waals surface area contributed by atoms with E-state index in [2.05, 4.69) is 9.80 Å². The number of carbonyl (C=O) groups is 1. The minimum atomic E-state index is -0.329. The van der Waals surface area contributed by atoms with Crippen LogP contribution in [0.2, 0.25) is 0 Å². The van der Waals surface area contributed by atoms with Crippen molar-refractivity contribution in [1.29, 1.82) is 0 Å². The van der Waals surface area contributed by atoms with Crippen LogP contribution in [0.5, 0.6) is 0 Å². The van der Waals surface area contributed by atoms with E-state index in [9.17, 15) is 18.8 Å². The number of ketones is 1. The van der Waals surface area contributed by atoms with Crippen molar-refractivity contribution in [3.05, 3.63) is 61.2 Å². The second-order valence-corrected chi connectivity index (χ2v) is 8.58. The Bertz CT molecular complexity index is 1240. The number of hydrogen-bond acceptors (Lipinski definition) is 6. The Morgan fingerprint density at radius 2 is 1.67 bits per heavy atom. The summed E-state index contributed by atoms with van der Waals surface area (Å²) in [5.41, 5.74) is 0.867. The fourth-order valence-electron chi connectivity index (χ4n) is 4.30. The molecule has 2 aliphatic rings. The Kier molecular flexibility index (Phi) is 4.79. The summed E-state index contributed by atoms with van der Waals surface area (Å²) in [6.07, 6.45) is 0.298. The average molecular weight is 428 g/mol. The average Bonchev–Trinajstić information content (AvgIpc) is 3.21. The van der Waals surface area contributed by atoms with E-state index in [0.29, 0.717) is 41.8 Å². The molecule has 1 saturated heterocycles. The first-order valence-electron chi connectivity index (χ1n) is 10.0. The van der Waals surface area contributed by atoms with Gasteiger partial charge in [0.15, 0.2) is 5.78 Å². The lowest BCUT2D eigenvalue weighted by Gasteiger charge is -2.36. The summed E-state index contributed by atoms with van der Waals surface area (Å²) < 4.78 is 16.0. The Labute approximate surface area is 175 Å². The lowest BCUT2D eigenvalue weighted by atomic mass is 10.1. The van der Waals surface area contributed by atoms with Gasteiger partial charge in [0.05, 0.1) is 15.8 Å². The highest BCUT2D eigenvalue weighted by molar-refractivity contribution is 7.13. The maximum Gasteiger partial charge on any atom is 0.331 e. The first-order valence-corrected chi connectivity index (χ1v) is 10.9. The molecule has 0 amide bonds. The number of Topliss-reactive ketones (excluding diaryl/α,β-unsaturated/α-hetero) is 1. The molecule has 0 atom stereocenters. The Balaban J connectivity index is 1.31. The van der Waals surface area contributed by atoms with E-state index >= 15 is 0 Å². The first kappa shape index (κ1) is 19.2. The number of thiophene rings is 1. The Hall–Kier alpha value is -2.78. The van der Waals surface area contributed by atoms with Gasteiger partial charge in [0.25, 0.3) is 5.56 Å². The van der Waals surface area contributed by atoms with Gasteiger partial charge in [-0.25, -0.2) is 9.18 Å². The molecule has 0 saturated carbocycles. The molecule has 0 spiro atoms. The van der Waals surface area contributed by atoms with E-state index in [0.717, 1.165) is 31.9 Å². The minimum absolute atomic E-state index is 0.00516. The van der Waals surface area contributed by atoms with E-state index in [4.69, 9.17) is 0 Å². The third-order valence-electron chi connectivity index (χ3n) is 5.99. The quantitative estimate of drug-likeness (QED) is 0.634. The second-order valence-electron chi connectivity index (χ2n) is 7.70. The molecule has 156 valence electrons. The summed E-state index contributed by atoms with van der Waals surface area (Å²) in [4.78, 5) is 42.8. The fourth-order valence-corrected chi connectivity index (χ4v) is 5.31. The predicted molar refractivity (Wildman–Crippen MR) is 114 cm³/mol. The lowest BCUT2D eigenvalue weighted by molar-refractivity contribution is 0.0976. The zero-order chi connectivity index (χ0) is 20.8. The zero-order valence-electron chi connectivity index (χ0n) is 16.3. The lowest BCUT2D eigenvalue weighted by Crippen LogP contribution is -2.49. The summed E-state index contributed by atoms with van der Waals surface area (Å²) in [5.74, 6) is -0.238. The molecule has 3 aromatic rings. The molecular weight excluding hydrogens is 407 g/mol. The van der Waals surface area contributed by atoms with Crippen molar-refractivity contribution in [3.8, 4) is 0 Å². The molecule has 4 heterocycles. The summed E-state index contributed by atoms with van der Waals surface area (Å²) in [6.45, 7) is 4.48. The van der Waals surface area contributed by atoms with Gasteiger partial charge < -0.3 is 4.90 Å². The number of piperazine rings is 1. The molecule has 5 rings (SSSR count).